The van der Waals surface area contributed by atoms with Crippen LogP contribution in [0.4, 0.5) is 0 Å². The van der Waals surface area contributed by atoms with Crippen molar-refractivity contribution < 1.29 is 29.1 Å². The smallest absolute Gasteiger partial charge is 0.303 e. The van der Waals surface area contributed by atoms with E-state index in [1.165, 1.54) is 6.92 Å². The van der Waals surface area contributed by atoms with Crippen molar-refractivity contribution in [2.24, 2.45) is 5.92 Å². The van der Waals surface area contributed by atoms with Crippen molar-refractivity contribution in [1.29, 1.82) is 0 Å². The van der Waals surface area contributed by atoms with Gasteiger partial charge in [-0.1, -0.05) is 13.8 Å². The molecule has 0 aliphatic carbocycles. The molecule has 10 nitrogen and oxygen atoms in total. The number of carboxylic acid groups (broad SMARTS) is 1. The molecule has 0 fully saturated rings. The average Bonchev–Trinajstić information content (AvgIpc) is 2.68. The lowest BCUT2D eigenvalue weighted by atomic mass is 10.0. The summed E-state index contributed by atoms with van der Waals surface area (Å²) in [5.74, 6) is -1.93. The molecule has 0 aromatic heterocycles. The van der Waals surface area contributed by atoms with Gasteiger partial charge in [0.1, 0.15) is 6.04 Å². The summed E-state index contributed by atoms with van der Waals surface area (Å²) in [6, 6.07) is -1.86. The predicted molar refractivity (Wildman–Crippen MR) is 116 cm³/mol. The number of unbranched alkanes of at least 4 members (excludes halogenated alkanes) is 1. The highest BCUT2D eigenvalue weighted by atomic mass is 16.4. The first-order valence-corrected chi connectivity index (χ1v) is 10.7. The molecule has 0 aliphatic heterocycles. The third-order valence-corrected chi connectivity index (χ3v) is 4.74. The Hall–Kier alpha value is -2.49. The van der Waals surface area contributed by atoms with E-state index in [1.807, 2.05) is 13.8 Å². The van der Waals surface area contributed by atoms with Gasteiger partial charge in [-0.3, -0.25) is 24.0 Å². The quantitative estimate of drug-likeness (QED) is 0.216. The summed E-state index contributed by atoms with van der Waals surface area (Å²) in [6.07, 6.45) is 1.92. The van der Waals surface area contributed by atoms with E-state index in [2.05, 4.69) is 21.3 Å². The second-order valence-corrected chi connectivity index (χ2v) is 8.11. The number of Topliss-reactive ketones (excluding diaryl/α,β-unsaturated/α-hetero) is 1. The lowest BCUT2D eigenvalue weighted by Gasteiger charge is -2.23. The number of hydrogen-bond donors (Lipinski definition) is 5. The van der Waals surface area contributed by atoms with Crippen LogP contribution in [0.15, 0.2) is 0 Å². The van der Waals surface area contributed by atoms with Gasteiger partial charge < -0.3 is 26.4 Å². The minimum atomic E-state index is -1.03. The zero-order valence-electron chi connectivity index (χ0n) is 19.2. The number of likely N-dealkylation sites (N-methyl/N-ethyl adjacent to an activating group) is 1. The van der Waals surface area contributed by atoms with E-state index in [9.17, 15) is 24.0 Å². The maximum absolute atomic E-state index is 12.4. The minimum absolute atomic E-state index is 0.0728. The first-order valence-electron chi connectivity index (χ1n) is 10.7. The SMILES string of the molecule is CN[C@@H](CC(C)C)C(=O)NC(C)C(=O)N[C@@H](CCCCNC(=O)CCC(=O)O)C(C)=O. The van der Waals surface area contributed by atoms with Gasteiger partial charge in [0.2, 0.25) is 17.7 Å². The molecular weight excluding hydrogens is 404 g/mol. The molecular formula is C21H38N4O6. The van der Waals surface area contributed by atoms with E-state index in [0.717, 1.165) is 0 Å². The van der Waals surface area contributed by atoms with Gasteiger partial charge in [0, 0.05) is 13.0 Å². The van der Waals surface area contributed by atoms with Gasteiger partial charge in [-0.2, -0.15) is 0 Å². The van der Waals surface area contributed by atoms with Crippen molar-refractivity contribution in [1.82, 2.24) is 21.3 Å². The molecule has 3 amide bonds. The third-order valence-electron chi connectivity index (χ3n) is 4.74. The fourth-order valence-corrected chi connectivity index (χ4v) is 2.89. The van der Waals surface area contributed by atoms with Gasteiger partial charge in [-0.25, -0.2) is 0 Å². The van der Waals surface area contributed by atoms with E-state index in [-0.39, 0.29) is 30.4 Å². The molecule has 0 rings (SSSR count). The normalized spacial score (nSPS) is 13.7. The first kappa shape index (κ1) is 28.5. The Morgan fingerprint density at radius 2 is 1.52 bits per heavy atom. The Morgan fingerprint density at radius 1 is 0.871 bits per heavy atom. The molecule has 10 heteroatoms. The number of carbonyl (C=O) groups excluding carboxylic acids is 4. The van der Waals surface area contributed by atoms with Crippen molar-refractivity contribution in [3.63, 3.8) is 0 Å². The molecule has 1 unspecified atom stereocenters. The second kappa shape index (κ2) is 15.3. The molecule has 5 N–H and O–H groups in total. The largest absolute Gasteiger partial charge is 0.481 e. The summed E-state index contributed by atoms with van der Waals surface area (Å²) < 4.78 is 0. The number of hydrogen-bond acceptors (Lipinski definition) is 6. The molecule has 3 atom stereocenters. The lowest BCUT2D eigenvalue weighted by Crippen LogP contribution is -2.53. The summed E-state index contributed by atoms with van der Waals surface area (Å²) in [5, 5.41) is 19.5. The third kappa shape index (κ3) is 13.4. The molecule has 0 radical (unpaired) electrons. The van der Waals surface area contributed by atoms with E-state index >= 15 is 0 Å². The van der Waals surface area contributed by atoms with Crippen molar-refractivity contribution in [2.75, 3.05) is 13.6 Å². The van der Waals surface area contributed by atoms with Crippen LogP contribution in [-0.2, 0) is 24.0 Å². The zero-order chi connectivity index (χ0) is 24.0. The zero-order valence-corrected chi connectivity index (χ0v) is 19.2. The Morgan fingerprint density at radius 3 is 2.03 bits per heavy atom. The maximum atomic E-state index is 12.4. The highest BCUT2D eigenvalue weighted by Crippen LogP contribution is 2.06. The molecule has 0 heterocycles. The lowest BCUT2D eigenvalue weighted by molar-refractivity contribution is -0.138. The maximum Gasteiger partial charge on any atom is 0.303 e. The number of ketones is 1. The molecule has 0 aliphatic rings. The fraction of sp³-hybridized carbons (Fsp3) is 0.762. The first-order chi connectivity index (χ1) is 14.5. The van der Waals surface area contributed by atoms with Crippen LogP contribution in [0.25, 0.3) is 0 Å². The van der Waals surface area contributed by atoms with Crippen molar-refractivity contribution in [2.45, 2.75) is 84.3 Å². The van der Waals surface area contributed by atoms with E-state index in [4.69, 9.17) is 5.11 Å². The summed E-state index contributed by atoms with van der Waals surface area (Å²) in [5.41, 5.74) is 0. The van der Waals surface area contributed by atoms with E-state index in [0.29, 0.717) is 38.1 Å². The van der Waals surface area contributed by atoms with Gasteiger partial charge in [0.25, 0.3) is 0 Å². The average molecular weight is 443 g/mol. The van der Waals surface area contributed by atoms with Crippen molar-refractivity contribution in [3.05, 3.63) is 0 Å². The molecule has 0 spiro atoms. The Bertz CT molecular complexity index is 623. The van der Waals surface area contributed by atoms with Crippen molar-refractivity contribution >= 4 is 29.5 Å². The Kier molecular flexibility index (Phi) is 14.1. The number of rotatable bonds is 16. The second-order valence-electron chi connectivity index (χ2n) is 8.11. The van der Waals surface area contributed by atoms with Crippen LogP contribution in [0.2, 0.25) is 0 Å². The molecule has 0 aromatic rings. The van der Waals surface area contributed by atoms with Crippen LogP contribution in [0.1, 0.15) is 66.2 Å². The molecule has 0 bridgehead atoms. The van der Waals surface area contributed by atoms with Gasteiger partial charge >= 0.3 is 5.97 Å². The molecule has 0 aromatic carbocycles. The van der Waals surface area contributed by atoms with Crippen LogP contribution < -0.4 is 21.3 Å². The Balaban J connectivity index is 4.42. The molecule has 31 heavy (non-hydrogen) atoms. The van der Waals surface area contributed by atoms with E-state index < -0.39 is 30.0 Å². The van der Waals surface area contributed by atoms with Gasteiger partial charge in [0.15, 0.2) is 5.78 Å². The minimum Gasteiger partial charge on any atom is -0.481 e. The van der Waals surface area contributed by atoms with Crippen LogP contribution in [0.3, 0.4) is 0 Å². The number of aliphatic carboxylic acids is 1. The number of nitrogens with one attached hydrogen (secondary N) is 4. The topological polar surface area (TPSA) is 154 Å². The van der Waals surface area contributed by atoms with Gasteiger partial charge in [0.05, 0.1) is 18.5 Å². The van der Waals surface area contributed by atoms with Crippen molar-refractivity contribution in [3.8, 4) is 0 Å². The summed E-state index contributed by atoms with van der Waals surface area (Å²) >= 11 is 0. The summed E-state index contributed by atoms with van der Waals surface area (Å²) in [4.78, 5) is 58.5. The van der Waals surface area contributed by atoms with Crippen LogP contribution in [-0.4, -0.2) is 66.3 Å². The Labute approximate surface area is 184 Å². The number of amides is 3. The monoisotopic (exact) mass is 442 g/mol. The predicted octanol–water partition coefficient (Wildman–Crippen LogP) is 0.350. The van der Waals surface area contributed by atoms with Crippen LogP contribution in [0.5, 0.6) is 0 Å². The van der Waals surface area contributed by atoms with E-state index in [1.54, 1.807) is 14.0 Å². The highest BCUT2D eigenvalue weighted by Gasteiger charge is 2.25. The number of carbonyl (C=O) groups is 5. The summed E-state index contributed by atoms with van der Waals surface area (Å²) in [7, 11) is 1.69. The van der Waals surface area contributed by atoms with Crippen LogP contribution >= 0.6 is 0 Å². The van der Waals surface area contributed by atoms with Gasteiger partial charge in [-0.15, -0.1) is 0 Å². The highest BCUT2D eigenvalue weighted by molar-refractivity contribution is 5.92. The number of carboxylic acids is 1. The van der Waals surface area contributed by atoms with Gasteiger partial charge in [-0.05, 0) is 52.5 Å². The fourth-order valence-electron chi connectivity index (χ4n) is 2.89. The molecule has 178 valence electrons. The molecule has 0 saturated heterocycles. The summed E-state index contributed by atoms with van der Waals surface area (Å²) in [6.45, 7) is 7.34. The molecule has 0 saturated carbocycles. The standard InChI is InChI=1S/C21H38N4O6/c1-13(2)12-17(22-5)21(31)24-14(3)20(30)25-16(15(4)26)8-6-7-11-23-18(27)9-10-19(28)29/h13-14,16-17,22H,6-12H2,1-5H3,(H,23,27)(H,24,31)(H,25,30)(H,28,29)/t14?,16-,17-/m0/s1. The van der Waals surface area contributed by atoms with Crippen LogP contribution in [0, 0.1) is 5.92 Å².